The van der Waals surface area contributed by atoms with Gasteiger partial charge in [0.05, 0.1) is 13.5 Å². The van der Waals surface area contributed by atoms with Crippen molar-refractivity contribution in [1.29, 1.82) is 0 Å². The summed E-state index contributed by atoms with van der Waals surface area (Å²) in [6.07, 6.45) is 3.20. The first-order chi connectivity index (χ1) is 13.7. The quantitative estimate of drug-likeness (QED) is 0.632. The van der Waals surface area contributed by atoms with Gasteiger partial charge in [0.1, 0.15) is 5.75 Å². The van der Waals surface area contributed by atoms with Crippen LogP contribution in [0, 0.1) is 5.92 Å². The van der Waals surface area contributed by atoms with Crippen molar-refractivity contribution < 1.29 is 14.1 Å². The average Bonchev–Trinajstić information content (AvgIpc) is 3.41. The highest BCUT2D eigenvalue weighted by atomic mass is 32.1. The Morgan fingerprint density at radius 2 is 2.18 bits per heavy atom. The molecule has 28 heavy (non-hydrogen) atoms. The van der Waals surface area contributed by atoms with Crippen molar-refractivity contribution >= 4 is 17.2 Å². The monoisotopic (exact) mass is 397 g/mol. The number of benzene rings is 1. The number of methoxy groups -OCH3 is 1. The molecule has 1 fully saturated rings. The van der Waals surface area contributed by atoms with Crippen molar-refractivity contribution in [3.63, 3.8) is 0 Å². The van der Waals surface area contributed by atoms with E-state index >= 15 is 0 Å². The van der Waals surface area contributed by atoms with Gasteiger partial charge in [-0.15, -0.1) is 0 Å². The number of likely N-dealkylation sites (tertiary alicyclic amines) is 1. The van der Waals surface area contributed by atoms with Gasteiger partial charge in [-0.25, -0.2) is 0 Å². The lowest BCUT2D eigenvalue weighted by molar-refractivity contribution is -0.132. The molecule has 1 atom stereocenters. The molecule has 0 spiro atoms. The third-order valence-corrected chi connectivity index (χ3v) is 5.78. The van der Waals surface area contributed by atoms with Crippen molar-refractivity contribution in [3.8, 4) is 17.1 Å². The zero-order chi connectivity index (χ0) is 19.3. The predicted octanol–water partition coefficient (Wildman–Crippen LogP) is 3.83. The predicted molar refractivity (Wildman–Crippen MR) is 107 cm³/mol. The van der Waals surface area contributed by atoms with Crippen LogP contribution in [0.1, 0.15) is 24.3 Å². The number of carbonyl (C=O) groups excluding carboxylic acids is 1. The number of rotatable bonds is 6. The number of amides is 1. The van der Waals surface area contributed by atoms with Crippen LogP contribution in [0.3, 0.4) is 0 Å². The zero-order valence-corrected chi connectivity index (χ0v) is 16.7. The van der Waals surface area contributed by atoms with E-state index in [4.69, 9.17) is 9.26 Å². The highest BCUT2D eigenvalue weighted by Crippen LogP contribution is 2.24. The average molecular weight is 398 g/mol. The highest BCUT2D eigenvalue weighted by Gasteiger charge is 2.25. The fourth-order valence-electron chi connectivity index (χ4n) is 3.58. The van der Waals surface area contributed by atoms with Crippen LogP contribution in [0.4, 0.5) is 0 Å². The highest BCUT2D eigenvalue weighted by molar-refractivity contribution is 7.08. The first-order valence-corrected chi connectivity index (χ1v) is 10.4. The molecule has 4 rings (SSSR count). The van der Waals surface area contributed by atoms with Gasteiger partial charge in [-0.05, 0) is 47.9 Å². The summed E-state index contributed by atoms with van der Waals surface area (Å²) in [5.41, 5.74) is 1.99. The lowest BCUT2D eigenvalue weighted by Crippen LogP contribution is -2.41. The standard InChI is InChI=1S/C21H23N3O3S/c1-26-18-6-4-15(5-7-18)12-20(25)24-9-2-3-16(13-24)11-19-22-21(23-27-19)17-8-10-28-14-17/h4-8,10,14,16H,2-3,9,11-13H2,1H3. The van der Waals surface area contributed by atoms with E-state index in [-0.39, 0.29) is 5.91 Å². The van der Waals surface area contributed by atoms with Crippen LogP contribution in [0.2, 0.25) is 0 Å². The molecule has 1 amide bonds. The Bertz CT molecular complexity index is 905. The van der Waals surface area contributed by atoms with E-state index < -0.39 is 0 Å². The van der Waals surface area contributed by atoms with Gasteiger partial charge in [0.2, 0.25) is 17.6 Å². The van der Waals surface area contributed by atoms with Crippen LogP contribution in [0.15, 0.2) is 45.6 Å². The molecule has 0 aliphatic carbocycles. The van der Waals surface area contributed by atoms with Crippen molar-refractivity contribution in [2.45, 2.75) is 25.7 Å². The Morgan fingerprint density at radius 3 is 2.93 bits per heavy atom. The van der Waals surface area contributed by atoms with E-state index in [0.29, 0.717) is 30.5 Å². The summed E-state index contributed by atoms with van der Waals surface area (Å²) in [6.45, 7) is 1.56. The fraction of sp³-hybridized carbons (Fsp3) is 0.381. The summed E-state index contributed by atoms with van der Waals surface area (Å²) in [4.78, 5) is 19.2. The second-order valence-corrected chi connectivity index (χ2v) is 7.88. The van der Waals surface area contributed by atoms with Crippen LogP contribution >= 0.6 is 11.3 Å². The van der Waals surface area contributed by atoms with Gasteiger partial charge in [-0.3, -0.25) is 4.79 Å². The molecule has 0 bridgehead atoms. The molecule has 1 saturated heterocycles. The molecule has 7 heteroatoms. The largest absolute Gasteiger partial charge is 0.497 e. The number of piperidine rings is 1. The minimum atomic E-state index is 0.166. The molecule has 0 saturated carbocycles. The molecule has 3 aromatic rings. The van der Waals surface area contributed by atoms with Crippen LogP contribution < -0.4 is 4.74 Å². The Morgan fingerprint density at radius 1 is 1.32 bits per heavy atom. The molecule has 6 nitrogen and oxygen atoms in total. The van der Waals surface area contributed by atoms with Gasteiger partial charge in [0.25, 0.3) is 0 Å². The molecule has 1 unspecified atom stereocenters. The Kier molecular flexibility index (Phi) is 5.71. The third kappa shape index (κ3) is 4.42. The van der Waals surface area contributed by atoms with Crippen LogP contribution in [-0.2, 0) is 17.6 Å². The fourth-order valence-corrected chi connectivity index (χ4v) is 4.22. The van der Waals surface area contributed by atoms with Gasteiger partial charge in [-0.1, -0.05) is 17.3 Å². The molecule has 1 aliphatic rings. The topological polar surface area (TPSA) is 68.5 Å². The smallest absolute Gasteiger partial charge is 0.227 e. The molecule has 3 heterocycles. The molecule has 2 aromatic heterocycles. The number of aromatic nitrogens is 2. The zero-order valence-electron chi connectivity index (χ0n) is 15.8. The maximum absolute atomic E-state index is 12.7. The second kappa shape index (κ2) is 8.56. The summed E-state index contributed by atoms with van der Waals surface area (Å²) in [5.74, 6) is 2.61. The number of ether oxygens (including phenoxy) is 1. The lowest BCUT2D eigenvalue weighted by Gasteiger charge is -2.32. The molecule has 0 N–H and O–H groups in total. The van der Waals surface area contributed by atoms with Crippen molar-refractivity contribution in [1.82, 2.24) is 15.0 Å². The van der Waals surface area contributed by atoms with E-state index in [1.165, 1.54) is 0 Å². The van der Waals surface area contributed by atoms with Gasteiger partial charge < -0.3 is 14.2 Å². The second-order valence-electron chi connectivity index (χ2n) is 7.10. The minimum absolute atomic E-state index is 0.166. The van der Waals surface area contributed by atoms with E-state index in [9.17, 15) is 4.79 Å². The Balaban J connectivity index is 1.34. The Hall–Kier alpha value is -2.67. The summed E-state index contributed by atoms with van der Waals surface area (Å²) >= 11 is 1.61. The molecule has 146 valence electrons. The number of hydrogen-bond donors (Lipinski definition) is 0. The van der Waals surface area contributed by atoms with E-state index in [1.54, 1.807) is 18.4 Å². The Labute approximate surface area is 168 Å². The number of carbonyl (C=O) groups is 1. The summed E-state index contributed by atoms with van der Waals surface area (Å²) in [5, 5.41) is 8.09. The normalized spacial score (nSPS) is 16.9. The minimum Gasteiger partial charge on any atom is -0.497 e. The number of hydrogen-bond acceptors (Lipinski definition) is 6. The maximum Gasteiger partial charge on any atom is 0.227 e. The van der Waals surface area contributed by atoms with Gasteiger partial charge in [0, 0.05) is 30.5 Å². The summed E-state index contributed by atoms with van der Waals surface area (Å²) in [6, 6.07) is 9.66. The summed E-state index contributed by atoms with van der Waals surface area (Å²) in [7, 11) is 1.64. The van der Waals surface area contributed by atoms with Crippen molar-refractivity contribution in [2.75, 3.05) is 20.2 Å². The van der Waals surface area contributed by atoms with Gasteiger partial charge in [-0.2, -0.15) is 16.3 Å². The van der Waals surface area contributed by atoms with E-state index in [2.05, 4.69) is 10.1 Å². The molecular weight excluding hydrogens is 374 g/mol. The van der Waals surface area contributed by atoms with Crippen LogP contribution in [-0.4, -0.2) is 41.1 Å². The first-order valence-electron chi connectivity index (χ1n) is 9.47. The van der Waals surface area contributed by atoms with Crippen molar-refractivity contribution in [2.24, 2.45) is 5.92 Å². The summed E-state index contributed by atoms with van der Waals surface area (Å²) < 4.78 is 10.6. The van der Waals surface area contributed by atoms with Crippen LogP contribution in [0.5, 0.6) is 5.75 Å². The first kappa shape index (κ1) is 18.7. The molecule has 0 radical (unpaired) electrons. The van der Waals surface area contributed by atoms with E-state index in [1.807, 2.05) is 46.0 Å². The molecular formula is C21H23N3O3S. The molecule has 1 aliphatic heterocycles. The number of nitrogens with zero attached hydrogens (tertiary/aromatic N) is 3. The van der Waals surface area contributed by atoms with E-state index in [0.717, 1.165) is 42.8 Å². The number of thiophene rings is 1. The third-order valence-electron chi connectivity index (χ3n) is 5.10. The van der Waals surface area contributed by atoms with Gasteiger partial charge in [0.15, 0.2) is 0 Å². The lowest BCUT2D eigenvalue weighted by atomic mass is 9.94. The van der Waals surface area contributed by atoms with Crippen LogP contribution in [0.25, 0.3) is 11.4 Å². The maximum atomic E-state index is 12.7. The molecule has 1 aromatic carbocycles. The van der Waals surface area contributed by atoms with Crippen molar-refractivity contribution in [3.05, 3.63) is 52.5 Å². The SMILES string of the molecule is COc1ccc(CC(=O)N2CCCC(Cc3nc(-c4ccsc4)no3)C2)cc1. The van der Waals surface area contributed by atoms with Gasteiger partial charge >= 0.3 is 0 Å².